The Morgan fingerprint density at radius 1 is 1.17 bits per heavy atom. The van der Waals surface area contributed by atoms with Gasteiger partial charge in [-0.2, -0.15) is 0 Å². The van der Waals surface area contributed by atoms with Crippen molar-refractivity contribution in [3.8, 4) is 0 Å². The van der Waals surface area contributed by atoms with Gasteiger partial charge in [0, 0.05) is 5.41 Å². The summed E-state index contributed by atoms with van der Waals surface area (Å²) < 4.78 is 0. The molecule has 2 bridgehead atoms. The smallest absolute Gasteiger partial charge is 0.00274 e. The average Bonchev–Trinajstić information content (AvgIpc) is 3.21. The minimum atomic E-state index is 0.484. The Hall–Kier alpha value is -1.56. The molecule has 0 aliphatic heterocycles. The van der Waals surface area contributed by atoms with Crippen molar-refractivity contribution < 1.29 is 0 Å². The van der Waals surface area contributed by atoms with Crippen LogP contribution in [0.4, 0.5) is 0 Å². The fraction of sp³-hybridized carbons (Fsp3) is 0.500. The highest BCUT2D eigenvalue weighted by molar-refractivity contribution is 5.85. The Balaban J connectivity index is 1.68. The van der Waals surface area contributed by atoms with Crippen LogP contribution in [0.1, 0.15) is 75.0 Å². The van der Waals surface area contributed by atoms with Crippen LogP contribution in [0.5, 0.6) is 0 Å². The van der Waals surface area contributed by atoms with Crippen LogP contribution < -0.4 is 0 Å². The molecule has 24 heavy (non-hydrogen) atoms. The highest BCUT2D eigenvalue weighted by Gasteiger charge is 2.49. The first-order chi connectivity index (χ1) is 11.7. The molecule has 0 heteroatoms. The first kappa shape index (κ1) is 14.8. The van der Waals surface area contributed by atoms with Gasteiger partial charge in [0.2, 0.25) is 0 Å². The van der Waals surface area contributed by atoms with E-state index in [2.05, 4.69) is 50.3 Å². The van der Waals surface area contributed by atoms with E-state index in [9.17, 15) is 0 Å². The van der Waals surface area contributed by atoms with Crippen molar-refractivity contribution in [1.82, 2.24) is 0 Å². The second-order valence-corrected chi connectivity index (χ2v) is 8.61. The standard InChI is InChI=1S/C24H28/c1-3-16(2)18-7-8-19-13-20-5-4-10-24(23(20)14-21(19)12-18)15-17-6-9-22(24)11-17/h6-8,12-14,16,22H,3-5,9-11,15H2,1-2H3. The first-order valence-corrected chi connectivity index (χ1v) is 9.94. The Morgan fingerprint density at radius 3 is 2.83 bits per heavy atom. The molecule has 0 amide bonds. The van der Waals surface area contributed by atoms with Gasteiger partial charge in [-0.3, -0.25) is 0 Å². The maximum Gasteiger partial charge on any atom is 0.00274 e. The van der Waals surface area contributed by atoms with Crippen LogP contribution in [-0.2, 0) is 11.8 Å². The molecule has 2 aromatic rings. The number of fused-ring (bicyclic) bond motifs is 6. The second kappa shape index (κ2) is 5.22. The zero-order valence-electron chi connectivity index (χ0n) is 15.1. The fourth-order valence-corrected chi connectivity index (χ4v) is 5.82. The summed E-state index contributed by atoms with van der Waals surface area (Å²) in [7, 11) is 0. The Kier molecular flexibility index (Phi) is 3.21. The zero-order valence-corrected chi connectivity index (χ0v) is 15.1. The van der Waals surface area contributed by atoms with E-state index in [1.807, 2.05) is 0 Å². The molecule has 3 atom stereocenters. The number of hydrogen-bond acceptors (Lipinski definition) is 0. The van der Waals surface area contributed by atoms with Gasteiger partial charge in [-0.1, -0.05) is 55.8 Å². The maximum absolute atomic E-state index is 2.59. The molecule has 3 aliphatic carbocycles. The maximum atomic E-state index is 2.59. The topological polar surface area (TPSA) is 0 Å². The molecule has 0 heterocycles. The van der Waals surface area contributed by atoms with E-state index in [1.54, 1.807) is 16.7 Å². The lowest BCUT2D eigenvalue weighted by molar-refractivity contribution is 0.270. The Morgan fingerprint density at radius 2 is 2.08 bits per heavy atom. The van der Waals surface area contributed by atoms with E-state index in [-0.39, 0.29) is 0 Å². The van der Waals surface area contributed by atoms with Crippen molar-refractivity contribution >= 4 is 10.8 Å². The summed E-state index contributed by atoms with van der Waals surface area (Å²) in [6.45, 7) is 4.64. The second-order valence-electron chi connectivity index (χ2n) is 8.61. The van der Waals surface area contributed by atoms with Crippen LogP contribution in [0.2, 0.25) is 0 Å². The van der Waals surface area contributed by atoms with Gasteiger partial charge in [0.1, 0.15) is 0 Å². The molecule has 0 radical (unpaired) electrons. The predicted octanol–water partition coefficient (Wildman–Crippen LogP) is 6.67. The van der Waals surface area contributed by atoms with Crippen molar-refractivity contribution in [3.05, 3.63) is 58.7 Å². The van der Waals surface area contributed by atoms with Crippen molar-refractivity contribution in [2.24, 2.45) is 5.92 Å². The van der Waals surface area contributed by atoms with Crippen LogP contribution in [-0.4, -0.2) is 0 Å². The molecule has 0 aromatic heterocycles. The molecular weight excluding hydrogens is 288 g/mol. The van der Waals surface area contributed by atoms with Crippen molar-refractivity contribution in [2.75, 3.05) is 0 Å². The van der Waals surface area contributed by atoms with Crippen LogP contribution in [0.3, 0.4) is 0 Å². The minimum Gasteiger partial charge on any atom is -0.0850 e. The van der Waals surface area contributed by atoms with E-state index in [0.717, 1.165) is 5.92 Å². The quantitative estimate of drug-likeness (QED) is 0.543. The van der Waals surface area contributed by atoms with E-state index >= 15 is 0 Å². The SMILES string of the molecule is CCC(C)c1ccc2cc3c(cc2c1)C1(CCC3)CC2=CCC1C2. The van der Waals surface area contributed by atoms with E-state index in [0.29, 0.717) is 11.3 Å². The molecular formula is C24H28. The monoisotopic (exact) mass is 316 g/mol. The number of benzene rings is 2. The molecule has 1 fully saturated rings. The average molecular weight is 316 g/mol. The predicted molar refractivity (Wildman–Crippen MR) is 103 cm³/mol. The lowest BCUT2D eigenvalue weighted by Gasteiger charge is -2.42. The molecule has 3 aliphatic rings. The van der Waals surface area contributed by atoms with Gasteiger partial charge in [0.25, 0.3) is 0 Å². The molecule has 0 N–H and O–H groups in total. The Labute approximate surface area is 146 Å². The van der Waals surface area contributed by atoms with Gasteiger partial charge in [0.05, 0.1) is 0 Å². The summed E-state index contributed by atoms with van der Waals surface area (Å²) in [6.07, 6.45) is 11.9. The van der Waals surface area contributed by atoms with Gasteiger partial charge in [-0.25, -0.2) is 0 Å². The van der Waals surface area contributed by atoms with Crippen molar-refractivity contribution in [1.29, 1.82) is 0 Å². The summed E-state index contributed by atoms with van der Waals surface area (Å²) in [5, 5.41) is 2.92. The summed E-state index contributed by atoms with van der Waals surface area (Å²) >= 11 is 0. The van der Waals surface area contributed by atoms with E-state index in [1.165, 1.54) is 61.3 Å². The van der Waals surface area contributed by atoms with Crippen LogP contribution in [0, 0.1) is 5.92 Å². The third-order valence-electron chi connectivity index (χ3n) is 7.40. The van der Waals surface area contributed by atoms with Crippen LogP contribution in [0.15, 0.2) is 42.0 Å². The Bertz CT molecular complexity index is 840. The van der Waals surface area contributed by atoms with Crippen LogP contribution >= 0.6 is 0 Å². The third kappa shape index (κ3) is 1.98. The molecule has 1 saturated carbocycles. The number of rotatable bonds is 2. The first-order valence-electron chi connectivity index (χ1n) is 9.94. The van der Waals surface area contributed by atoms with Crippen molar-refractivity contribution in [3.63, 3.8) is 0 Å². The highest BCUT2D eigenvalue weighted by Crippen LogP contribution is 2.59. The van der Waals surface area contributed by atoms with Gasteiger partial charge < -0.3 is 0 Å². The minimum absolute atomic E-state index is 0.484. The number of hydrogen-bond donors (Lipinski definition) is 0. The lowest BCUT2D eigenvalue weighted by atomic mass is 9.62. The largest absolute Gasteiger partial charge is 0.0850 e. The molecule has 5 rings (SSSR count). The third-order valence-corrected chi connectivity index (χ3v) is 7.40. The summed E-state index contributed by atoms with van der Waals surface area (Å²) in [5.74, 6) is 1.55. The van der Waals surface area contributed by atoms with Gasteiger partial charge in [-0.15, -0.1) is 0 Å². The van der Waals surface area contributed by atoms with Gasteiger partial charge in [-0.05, 0) is 84.2 Å². The van der Waals surface area contributed by atoms with E-state index in [4.69, 9.17) is 0 Å². The molecule has 1 spiro atoms. The molecule has 2 aromatic carbocycles. The molecule has 0 nitrogen and oxygen atoms in total. The highest BCUT2D eigenvalue weighted by atomic mass is 14.5. The summed E-state index contributed by atoms with van der Waals surface area (Å²) in [6, 6.07) is 12.3. The van der Waals surface area contributed by atoms with Crippen molar-refractivity contribution in [2.45, 2.75) is 70.1 Å². The van der Waals surface area contributed by atoms with Crippen LogP contribution in [0.25, 0.3) is 10.8 Å². The lowest BCUT2D eigenvalue weighted by Crippen LogP contribution is -2.35. The van der Waals surface area contributed by atoms with Gasteiger partial charge >= 0.3 is 0 Å². The fourth-order valence-electron chi connectivity index (χ4n) is 5.82. The van der Waals surface area contributed by atoms with Gasteiger partial charge in [0.15, 0.2) is 0 Å². The number of aryl methyl sites for hydroxylation is 1. The zero-order chi connectivity index (χ0) is 16.3. The normalized spacial score (nSPS) is 29.1. The summed E-state index contributed by atoms with van der Waals surface area (Å²) in [4.78, 5) is 0. The number of allylic oxidation sites excluding steroid dienone is 2. The summed E-state index contributed by atoms with van der Waals surface area (Å²) in [5.41, 5.74) is 7.11. The molecule has 3 unspecified atom stereocenters. The molecule has 124 valence electrons. The molecule has 0 saturated heterocycles. The van der Waals surface area contributed by atoms with E-state index < -0.39 is 0 Å².